The van der Waals surface area contributed by atoms with Gasteiger partial charge in [0.05, 0.1) is 6.04 Å². The molecule has 1 amide bonds. The molecule has 0 spiro atoms. The average molecular weight is 310 g/mol. The first-order valence-electron chi connectivity index (χ1n) is 7.26. The van der Waals surface area contributed by atoms with Gasteiger partial charge in [0.25, 0.3) is 0 Å². The van der Waals surface area contributed by atoms with E-state index in [0.29, 0.717) is 5.75 Å². The third-order valence-electron chi connectivity index (χ3n) is 3.23. The molecule has 0 aromatic heterocycles. The molecule has 2 aromatic rings. The summed E-state index contributed by atoms with van der Waals surface area (Å²) >= 11 is 0. The predicted octanol–water partition coefficient (Wildman–Crippen LogP) is 3.58. The SMILES string of the molecule is CC(NC(=O)OCc1ccccc1)c1ccc(OCC#N)cc1. The standard InChI is InChI=1S/C18H18N2O3/c1-14(16-7-9-17(10-8-16)22-12-11-19)20-18(21)23-13-15-5-3-2-4-6-15/h2-10,14H,12-13H2,1H3,(H,20,21). The van der Waals surface area contributed by atoms with Gasteiger partial charge >= 0.3 is 6.09 Å². The molecule has 0 saturated heterocycles. The molecular formula is C18H18N2O3. The molecule has 0 radical (unpaired) electrons. The highest BCUT2D eigenvalue weighted by molar-refractivity contribution is 5.67. The van der Waals surface area contributed by atoms with Crippen LogP contribution in [0.2, 0.25) is 0 Å². The van der Waals surface area contributed by atoms with Crippen molar-refractivity contribution in [3.63, 3.8) is 0 Å². The summed E-state index contributed by atoms with van der Waals surface area (Å²) in [6.07, 6.45) is -0.467. The van der Waals surface area contributed by atoms with Gasteiger partial charge in [-0.25, -0.2) is 4.79 Å². The zero-order valence-electron chi connectivity index (χ0n) is 12.9. The van der Waals surface area contributed by atoms with Crippen molar-refractivity contribution in [2.75, 3.05) is 6.61 Å². The van der Waals surface area contributed by atoms with Crippen LogP contribution >= 0.6 is 0 Å². The van der Waals surface area contributed by atoms with Gasteiger partial charge in [0.15, 0.2) is 6.61 Å². The van der Waals surface area contributed by atoms with Crippen molar-refractivity contribution in [3.8, 4) is 11.8 Å². The quantitative estimate of drug-likeness (QED) is 0.885. The molecule has 0 aliphatic rings. The zero-order chi connectivity index (χ0) is 16.5. The maximum Gasteiger partial charge on any atom is 0.407 e. The van der Waals surface area contributed by atoms with Crippen molar-refractivity contribution < 1.29 is 14.3 Å². The lowest BCUT2D eigenvalue weighted by Gasteiger charge is -2.15. The fourth-order valence-corrected chi connectivity index (χ4v) is 1.99. The zero-order valence-corrected chi connectivity index (χ0v) is 12.9. The van der Waals surface area contributed by atoms with Gasteiger partial charge in [-0.3, -0.25) is 0 Å². The molecule has 23 heavy (non-hydrogen) atoms. The number of alkyl carbamates (subject to hydrolysis) is 1. The number of carbonyl (C=O) groups is 1. The van der Waals surface area contributed by atoms with E-state index in [2.05, 4.69) is 5.32 Å². The molecule has 1 N–H and O–H groups in total. The maximum atomic E-state index is 11.8. The van der Waals surface area contributed by atoms with Gasteiger partial charge in [-0.15, -0.1) is 0 Å². The fraction of sp³-hybridized carbons (Fsp3) is 0.222. The Bertz CT molecular complexity index is 663. The summed E-state index contributed by atoms with van der Waals surface area (Å²) in [5, 5.41) is 11.2. The molecule has 5 nitrogen and oxygen atoms in total. The van der Waals surface area contributed by atoms with E-state index in [0.717, 1.165) is 11.1 Å². The lowest BCUT2D eigenvalue weighted by molar-refractivity contribution is 0.136. The van der Waals surface area contributed by atoms with Crippen molar-refractivity contribution in [1.29, 1.82) is 5.26 Å². The van der Waals surface area contributed by atoms with Crippen LogP contribution in [0.25, 0.3) is 0 Å². The number of nitriles is 1. The maximum absolute atomic E-state index is 11.8. The molecule has 0 saturated carbocycles. The smallest absolute Gasteiger partial charge is 0.407 e. The molecule has 118 valence electrons. The molecular weight excluding hydrogens is 292 g/mol. The van der Waals surface area contributed by atoms with Gasteiger partial charge in [0, 0.05) is 0 Å². The van der Waals surface area contributed by atoms with Gasteiger partial charge in [0.1, 0.15) is 18.4 Å². The van der Waals surface area contributed by atoms with Crippen LogP contribution in [0, 0.1) is 11.3 Å². The number of amides is 1. The van der Waals surface area contributed by atoms with Gasteiger partial charge < -0.3 is 14.8 Å². The summed E-state index contributed by atoms with van der Waals surface area (Å²) in [4.78, 5) is 11.8. The monoisotopic (exact) mass is 310 g/mol. The Labute approximate surface area is 135 Å². The average Bonchev–Trinajstić information content (AvgIpc) is 2.59. The van der Waals surface area contributed by atoms with E-state index in [1.54, 1.807) is 12.1 Å². The predicted molar refractivity (Wildman–Crippen MR) is 85.7 cm³/mol. The number of hydrogen-bond acceptors (Lipinski definition) is 4. The molecule has 2 aromatic carbocycles. The Morgan fingerprint density at radius 3 is 2.52 bits per heavy atom. The first-order chi connectivity index (χ1) is 11.2. The summed E-state index contributed by atoms with van der Waals surface area (Å²) in [5.74, 6) is 0.620. The van der Waals surface area contributed by atoms with Crippen LogP contribution in [0.1, 0.15) is 24.1 Å². The van der Waals surface area contributed by atoms with E-state index in [9.17, 15) is 4.79 Å². The van der Waals surface area contributed by atoms with Gasteiger partial charge in [-0.05, 0) is 30.2 Å². The molecule has 1 atom stereocenters. The Kier molecular flexibility index (Phi) is 6.01. The largest absolute Gasteiger partial charge is 0.479 e. The third kappa shape index (κ3) is 5.36. The Balaban J connectivity index is 1.82. The fourth-order valence-electron chi connectivity index (χ4n) is 1.99. The highest BCUT2D eigenvalue weighted by Gasteiger charge is 2.10. The number of benzene rings is 2. The van der Waals surface area contributed by atoms with Crippen molar-refractivity contribution in [2.24, 2.45) is 0 Å². The van der Waals surface area contributed by atoms with E-state index in [4.69, 9.17) is 14.7 Å². The van der Waals surface area contributed by atoms with Crippen LogP contribution in [0.5, 0.6) is 5.75 Å². The Morgan fingerprint density at radius 2 is 1.87 bits per heavy atom. The van der Waals surface area contributed by atoms with Crippen LogP contribution < -0.4 is 10.1 Å². The lowest BCUT2D eigenvalue weighted by Crippen LogP contribution is -2.27. The van der Waals surface area contributed by atoms with Crippen LogP contribution in [0.3, 0.4) is 0 Å². The van der Waals surface area contributed by atoms with Crippen molar-refractivity contribution in [1.82, 2.24) is 5.32 Å². The van der Waals surface area contributed by atoms with E-state index in [1.165, 1.54) is 0 Å². The summed E-state index contributed by atoms with van der Waals surface area (Å²) < 4.78 is 10.4. The summed E-state index contributed by atoms with van der Waals surface area (Å²) in [5.41, 5.74) is 1.86. The second-order valence-electron chi connectivity index (χ2n) is 4.94. The number of ether oxygens (including phenoxy) is 2. The number of nitrogens with zero attached hydrogens (tertiary/aromatic N) is 1. The second-order valence-corrected chi connectivity index (χ2v) is 4.94. The molecule has 0 aliphatic heterocycles. The first kappa shape index (κ1) is 16.4. The van der Waals surface area contributed by atoms with Gasteiger partial charge in [0.2, 0.25) is 0 Å². The normalized spacial score (nSPS) is 11.1. The first-order valence-corrected chi connectivity index (χ1v) is 7.26. The number of hydrogen-bond donors (Lipinski definition) is 1. The number of rotatable bonds is 6. The Hall–Kier alpha value is -3.00. The minimum Gasteiger partial charge on any atom is -0.479 e. The minimum absolute atomic E-state index is 0.0129. The van der Waals surface area contributed by atoms with E-state index in [1.807, 2.05) is 55.5 Å². The molecule has 5 heteroatoms. The number of nitrogens with one attached hydrogen (secondary N) is 1. The van der Waals surface area contributed by atoms with Crippen LogP contribution in [0.4, 0.5) is 4.79 Å². The summed E-state index contributed by atoms with van der Waals surface area (Å²) in [6, 6.07) is 18.4. The lowest BCUT2D eigenvalue weighted by atomic mass is 10.1. The highest BCUT2D eigenvalue weighted by Crippen LogP contribution is 2.17. The third-order valence-corrected chi connectivity index (χ3v) is 3.23. The van der Waals surface area contributed by atoms with Crippen molar-refractivity contribution in [2.45, 2.75) is 19.6 Å². The molecule has 2 rings (SSSR count). The van der Waals surface area contributed by atoms with Crippen LogP contribution in [-0.4, -0.2) is 12.7 Å². The highest BCUT2D eigenvalue weighted by atomic mass is 16.5. The van der Waals surface area contributed by atoms with Crippen LogP contribution in [-0.2, 0) is 11.3 Å². The molecule has 1 unspecified atom stereocenters. The summed E-state index contributed by atoms with van der Waals surface area (Å²) in [6.45, 7) is 2.12. The van der Waals surface area contributed by atoms with Crippen molar-refractivity contribution >= 4 is 6.09 Å². The topological polar surface area (TPSA) is 71.3 Å². The van der Waals surface area contributed by atoms with Gasteiger partial charge in [-0.2, -0.15) is 5.26 Å². The van der Waals surface area contributed by atoms with E-state index >= 15 is 0 Å². The second kappa shape index (κ2) is 8.44. The molecule has 0 aliphatic carbocycles. The van der Waals surface area contributed by atoms with E-state index in [-0.39, 0.29) is 19.3 Å². The van der Waals surface area contributed by atoms with Gasteiger partial charge in [-0.1, -0.05) is 42.5 Å². The minimum atomic E-state index is -0.467. The molecule has 0 heterocycles. The Morgan fingerprint density at radius 1 is 1.17 bits per heavy atom. The molecule has 0 fully saturated rings. The van der Waals surface area contributed by atoms with Crippen molar-refractivity contribution in [3.05, 3.63) is 65.7 Å². The molecule has 0 bridgehead atoms. The summed E-state index contributed by atoms with van der Waals surface area (Å²) in [7, 11) is 0. The van der Waals surface area contributed by atoms with E-state index < -0.39 is 6.09 Å². The van der Waals surface area contributed by atoms with Crippen LogP contribution in [0.15, 0.2) is 54.6 Å². The number of carbonyl (C=O) groups excluding carboxylic acids is 1.